The molecule has 0 atom stereocenters. The fraction of sp³-hybridized carbons (Fsp3) is 0.192. The zero-order valence-electron chi connectivity index (χ0n) is 18.0. The van der Waals surface area contributed by atoms with Crippen LogP contribution < -0.4 is 5.56 Å². The van der Waals surface area contributed by atoms with E-state index in [0.29, 0.717) is 17.6 Å². The molecule has 32 heavy (non-hydrogen) atoms. The molecule has 0 saturated heterocycles. The monoisotopic (exact) mass is 429 g/mol. The molecule has 0 aliphatic heterocycles. The Morgan fingerprint density at radius 3 is 2.41 bits per heavy atom. The maximum Gasteiger partial charge on any atom is 0.265 e. The third kappa shape index (κ3) is 4.44. The number of carbonyl (C=O) groups is 1. The summed E-state index contributed by atoms with van der Waals surface area (Å²) in [6, 6.07) is 20.8. The minimum Gasteiger partial charge on any atom is -0.332 e. The molecule has 5 nitrogen and oxygen atoms in total. The topological polar surface area (TPSA) is 55.2 Å². The first-order valence-electron chi connectivity index (χ1n) is 10.5. The van der Waals surface area contributed by atoms with Gasteiger partial charge in [-0.1, -0.05) is 42.5 Å². The third-order valence-corrected chi connectivity index (χ3v) is 5.41. The van der Waals surface area contributed by atoms with E-state index < -0.39 is 5.56 Å². The highest BCUT2D eigenvalue weighted by Crippen LogP contribution is 2.17. The van der Waals surface area contributed by atoms with Crippen molar-refractivity contribution in [1.82, 2.24) is 14.5 Å². The van der Waals surface area contributed by atoms with Gasteiger partial charge in [-0.15, -0.1) is 0 Å². The van der Waals surface area contributed by atoms with Crippen molar-refractivity contribution < 1.29 is 9.18 Å². The lowest BCUT2D eigenvalue weighted by Gasteiger charge is -2.27. The van der Waals surface area contributed by atoms with Gasteiger partial charge in [0.2, 0.25) is 0 Å². The van der Waals surface area contributed by atoms with Crippen LogP contribution in [0.25, 0.3) is 11.0 Å². The summed E-state index contributed by atoms with van der Waals surface area (Å²) in [5.74, 6) is -0.672. The maximum atomic E-state index is 13.5. The average Bonchev–Trinajstić information content (AvgIpc) is 2.80. The van der Waals surface area contributed by atoms with Crippen molar-refractivity contribution in [2.45, 2.75) is 33.0 Å². The fourth-order valence-electron chi connectivity index (χ4n) is 3.70. The summed E-state index contributed by atoms with van der Waals surface area (Å²) in [5, 5.41) is 0.695. The van der Waals surface area contributed by atoms with E-state index in [0.717, 1.165) is 11.1 Å². The van der Waals surface area contributed by atoms with Crippen molar-refractivity contribution in [3.05, 3.63) is 112 Å². The SMILES string of the molecule is CC(C)N(Cc1ccccc1)C(=O)c1cc2cccnc2n(Cc2ccc(F)cc2)c1=O. The molecule has 0 aliphatic carbocycles. The van der Waals surface area contributed by atoms with Crippen LogP contribution in [0.1, 0.15) is 35.3 Å². The first kappa shape index (κ1) is 21.4. The van der Waals surface area contributed by atoms with Crippen LogP contribution in [-0.4, -0.2) is 26.4 Å². The van der Waals surface area contributed by atoms with E-state index in [2.05, 4.69) is 4.98 Å². The molecule has 0 aliphatic rings. The third-order valence-electron chi connectivity index (χ3n) is 5.41. The van der Waals surface area contributed by atoms with Gasteiger partial charge in [0.15, 0.2) is 0 Å². The molecule has 0 N–H and O–H groups in total. The van der Waals surface area contributed by atoms with Crippen molar-refractivity contribution in [2.24, 2.45) is 0 Å². The Hall–Kier alpha value is -3.80. The van der Waals surface area contributed by atoms with Gasteiger partial charge in [-0.3, -0.25) is 14.2 Å². The number of nitrogens with zero attached hydrogens (tertiary/aromatic N) is 3. The van der Waals surface area contributed by atoms with Gasteiger partial charge in [-0.05, 0) is 55.3 Å². The number of hydrogen-bond donors (Lipinski definition) is 0. The highest BCUT2D eigenvalue weighted by molar-refractivity contribution is 5.97. The van der Waals surface area contributed by atoms with E-state index >= 15 is 0 Å². The Morgan fingerprint density at radius 1 is 1.00 bits per heavy atom. The molecule has 0 saturated carbocycles. The number of fused-ring (bicyclic) bond motifs is 1. The van der Waals surface area contributed by atoms with Crippen molar-refractivity contribution in [3.8, 4) is 0 Å². The second kappa shape index (κ2) is 9.14. The molecule has 2 heterocycles. The van der Waals surface area contributed by atoms with Crippen molar-refractivity contribution >= 4 is 16.9 Å². The number of benzene rings is 2. The second-order valence-electron chi connectivity index (χ2n) is 8.00. The Labute approximate surface area is 185 Å². The zero-order valence-corrected chi connectivity index (χ0v) is 18.0. The van der Waals surface area contributed by atoms with Crippen LogP contribution in [0, 0.1) is 5.82 Å². The number of carbonyl (C=O) groups excluding carboxylic acids is 1. The van der Waals surface area contributed by atoms with Crippen LogP contribution in [0.4, 0.5) is 4.39 Å². The summed E-state index contributed by atoms with van der Waals surface area (Å²) in [6.45, 7) is 4.45. The molecule has 2 aromatic carbocycles. The Kier molecular flexibility index (Phi) is 6.12. The molecule has 0 fully saturated rings. The van der Waals surface area contributed by atoms with Crippen LogP contribution >= 0.6 is 0 Å². The minimum absolute atomic E-state index is 0.0947. The number of rotatable bonds is 6. The molecule has 0 bridgehead atoms. The number of hydrogen-bond acceptors (Lipinski definition) is 3. The van der Waals surface area contributed by atoms with Crippen molar-refractivity contribution in [3.63, 3.8) is 0 Å². The average molecular weight is 429 g/mol. The molecule has 162 valence electrons. The first-order chi connectivity index (χ1) is 15.4. The normalized spacial score (nSPS) is 11.1. The summed E-state index contributed by atoms with van der Waals surface area (Å²) in [6.07, 6.45) is 1.61. The number of amides is 1. The highest BCUT2D eigenvalue weighted by atomic mass is 19.1. The largest absolute Gasteiger partial charge is 0.332 e. The molecule has 4 rings (SSSR count). The molecule has 0 spiro atoms. The van der Waals surface area contributed by atoms with Gasteiger partial charge in [-0.25, -0.2) is 9.37 Å². The van der Waals surface area contributed by atoms with E-state index in [1.165, 1.54) is 16.7 Å². The van der Waals surface area contributed by atoms with Crippen LogP contribution in [-0.2, 0) is 13.1 Å². The Bertz CT molecular complexity index is 1300. The van der Waals surface area contributed by atoms with E-state index in [1.54, 1.807) is 35.4 Å². The molecule has 1 amide bonds. The van der Waals surface area contributed by atoms with Gasteiger partial charge in [0, 0.05) is 24.2 Å². The Balaban J connectivity index is 1.79. The van der Waals surface area contributed by atoms with E-state index in [-0.39, 0.29) is 29.9 Å². The smallest absolute Gasteiger partial charge is 0.265 e. The summed E-state index contributed by atoms with van der Waals surface area (Å²) in [7, 11) is 0. The lowest BCUT2D eigenvalue weighted by Crippen LogP contribution is -2.40. The molecule has 6 heteroatoms. The zero-order chi connectivity index (χ0) is 22.7. The number of halogens is 1. The van der Waals surface area contributed by atoms with Gasteiger partial charge in [0.25, 0.3) is 11.5 Å². The number of pyridine rings is 2. The minimum atomic E-state index is -0.413. The van der Waals surface area contributed by atoms with E-state index in [4.69, 9.17) is 0 Å². The molecule has 0 radical (unpaired) electrons. The second-order valence-corrected chi connectivity index (χ2v) is 8.00. The van der Waals surface area contributed by atoms with E-state index in [9.17, 15) is 14.0 Å². The van der Waals surface area contributed by atoms with Gasteiger partial charge in [0.05, 0.1) is 6.54 Å². The molecular formula is C26H24FN3O2. The van der Waals surface area contributed by atoms with Crippen LogP contribution in [0.5, 0.6) is 0 Å². The fourth-order valence-corrected chi connectivity index (χ4v) is 3.70. The van der Waals surface area contributed by atoms with Crippen molar-refractivity contribution in [1.29, 1.82) is 0 Å². The van der Waals surface area contributed by atoms with Crippen molar-refractivity contribution in [2.75, 3.05) is 0 Å². The van der Waals surface area contributed by atoms with Gasteiger partial charge < -0.3 is 4.90 Å². The molecular weight excluding hydrogens is 405 g/mol. The highest BCUT2D eigenvalue weighted by Gasteiger charge is 2.24. The summed E-state index contributed by atoms with van der Waals surface area (Å²) < 4.78 is 14.8. The number of aromatic nitrogens is 2. The lowest BCUT2D eigenvalue weighted by molar-refractivity contribution is 0.0688. The standard InChI is InChI=1S/C26H24FN3O2/c1-18(2)29(16-19-7-4-3-5-8-19)25(31)23-15-21-9-6-14-28-24(21)30(26(23)32)17-20-10-12-22(27)13-11-20/h3-15,18H,16-17H2,1-2H3. The quantitative estimate of drug-likeness (QED) is 0.449. The summed E-state index contributed by atoms with van der Waals surface area (Å²) in [5.41, 5.74) is 1.90. The molecule has 2 aromatic heterocycles. The van der Waals surface area contributed by atoms with Gasteiger partial charge in [0.1, 0.15) is 17.0 Å². The predicted octanol–water partition coefficient (Wildman–Crippen LogP) is 4.63. The Morgan fingerprint density at radius 2 is 1.72 bits per heavy atom. The molecule has 0 unspecified atom stereocenters. The van der Waals surface area contributed by atoms with E-state index in [1.807, 2.05) is 50.2 Å². The lowest BCUT2D eigenvalue weighted by atomic mass is 10.1. The summed E-state index contributed by atoms with van der Waals surface area (Å²) >= 11 is 0. The maximum absolute atomic E-state index is 13.5. The van der Waals surface area contributed by atoms with Gasteiger partial charge >= 0.3 is 0 Å². The van der Waals surface area contributed by atoms with Crippen LogP contribution in [0.2, 0.25) is 0 Å². The predicted molar refractivity (Wildman–Crippen MR) is 123 cm³/mol. The first-order valence-corrected chi connectivity index (χ1v) is 10.5. The van der Waals surface area contributed by atoms with Gasteiger partial charge in [-0.2, -0.15) is 0 Å². The molecule has 4 aromatic rings. The van der Waals surface area contributed by atoms with Crippen LogP contribution in [0.15, 0.2) is 83.8 Å². The summed E-state index contributed by atoms with van der Waals surface area (Å²) in [4.78, 5) is 33.1. The van der Waals surface area contributed by atoms with Crippen LogP contribution in [0.3, 0.4) is 0 Å².